The van der Waals surface area contributed by atoms with Gasteiger partial charge in [-0.1, -0.05) is 11.6 Å². The molecule has 1 aliphatic heterocycles. The van der Waals surface area contributed by atoms with Crippen LogP contribution in [0.4, 0.5) is 0 Å². The first-order valence-electron chi connectivity index (χ1n) is 5.39. The average molecular weight is 279 g/mol. The molecule has 2 aliphatic rings. The Morgan fingerprint density at radius 1 is 1.37 bits per heavy atom. The van der Waals surface area contributed by atoms with E-state index >= 15 is 0 Å². The summed E-state index contributed by atoms with van der Waals surface area (Å²) in [6.45, 7) is 0. The van der Waals surface area contributed by atoms with Crippen molar-refractivity contribution in [2.75, 3.05) is 0 Å². The number of hydrogen-bond acceptors (Lipinski definition) is 4. The number of carboxylic acid groups (broad SMARTS) is 1. The summed E-state index contributed by atoms with van der Waals surface area (Å²) in [6, 6.07) is 3.19. The maximum Gasteiger partial charge on any atom is 0.336 e. The third kappa shape index (κ3) is 1.70. The minimum Gasteiger partial charge on any atom is -0.478 e. The van der Waals surface area contributed by atoms with Gasteiger partial charge in [-0.15, -0.1) is 0 Å². The van der Waals surface area contributed by atoms with Gasteiger partial charge >= 0.3 is 5.97 Å². The van der Waals surface area contributed by atoms with Crippen LogP contribution in [0.25, 0.3) is 0 Å². The Bertz CT molecular complexity index is 663. The van der Waals surface area contributed by atoms with Crippen LogP contribution in [0.2, 0.25) is 0 Å². The predicted octanol–water partition coefficient (Wildman–Crippen LogP) is 2.32. The minimum atomic E-state index is -1.24. The Morgan fingerprint density at radius 3 is 2.79 bits per heavy atom. The van der Waals surface area contributed by atoms with Crippen LogP contribution in [-0.4, -0.2) is 16.9 Å². The van der Waals surface area contributed by atoms with E-state index in [0.29, 0.717) is 5.76 Å². The fourth-order valence-electron chi connectivity index (χ4n) is 2.08. The lowest BCUT2D eigenvalue weighted by atomic mass is 9.97. The molecule has 0 fully saturated rings. The maximum atomic E-state index is 11.8. The number of furan rings is 1. The van der Waals surface area contributed by atoms with Gasteiger partial charge in [-0.3, -0.25) is 4.79 Å². The molecule has 1 aliphatic carbocycles. The average Bonchev–Trinajstić information content (AvgIpc) is 2.99. The number of carbonyl (C=O) groups excluding carboxylic acids is 1. The van der Waals surface area contributed by atoms with Crippen LogP contribution < -0.4 is 0 Å². The Labute approximate surface area is 112 Å². The molecule has 2 heterocycles. The second-order valence-corrected chi connectivity index (χ2v) is 4.39. The molecule has 0 spiro atoms. The minimum absolute atomic E-state index is 0.0126. The normalized spacial score (nSPS) is 21.7. The van der Waals surface area contributed by atoms with Crippen molar-refractivity contribution in [1.82, 2.24) is 0 Å². The third-order valence-electron chi connectivity index (χ3n) is 2.87. The molecule has 1 N–H and O–H groups in total. The van der Waals surface area contributed by atoms with Gasteiger partial charge in [0.05, 0.1) is 22.4 Å². The molecule has 3 rings (SSSR count). The number of ether oxygens (including phenoxy) is 1. The number of rotatable bonds is 2. The zero-order chi connectivity index (χ0) is 13.6. The van der Waals surface area contributed by atoms with Gasteiger partial charge in [0.25, 0.3) is 0 Å². The Hall–Kier alpha value is -2.27. The van der Waals surface area contributed by atoms with E-state index in [2.05, 4.69) is 0 Å². The summed E-state index contributed by atoms with van der Waals surface area (Å²) < 4.78 is 10.6. The van der Waals surface area contributed by atoms with Gasteiger partial charge in [0.2, 0.25) is 0 Å². The van der Waals surface area contributed by atoms with Gasteiger partial charge in [-0.25, -0.2) is 4.79 Å². The van der Waals surface area contributed by atoms with Crippen LogP contribution in [0, 0.1) is 0 Å². The summed E-state index contributed by atoms with van der Waals surface area (Å²) in [5, 5.41) is 9.50. The maximum absolute atomic E-state index is 11.8. The number of carboxylic acids is 1. The molecular formula is C13H7ClO5. The summed E-state index contributed by atoms with van der Waals surface area (Å²) in [5.74, 6) is -1.28. The van der Waals surface area contributed by atoms with Crippen molar-refractivity contribution in [3.8, 4) is 0 Å². The van der Waals surface area contributed by atoms with E-state index in [9.17, 15) is 14.7 Å². The second-order valence-electron chi connectivity index (χ2n) is 3.98. The molecule has 5 nitrogen and oxygen atoms in total. The van der Waals surface area contributed by atoms with E-state index in [1.54, 1.807) is 12.1 Å². The molecule has 0 bridgehead atoms. The molecule has 1 aromatic rings. The lowest BCUT2D eigenvalue weighted by Gasteiger charge is -2.11. The third-order valence-corrected chi connectivity index (χ3v) is 3.17. The summed E-state index contributed by atoms with van der Waals surface area (Å²) in [7, 11) is 0. The summed E-state index contributed by atoms with van der Waals surface area (Å²) in [4.78, 5) is 23.2. The van der Waals surface area contributed by atoms with E-state index in [1.165, 1.54) is 18.4 Å². The molecule has 6 heteroatoms. The first kappa shape index (κ1) is 11.8. The van der Waals surface area contributed by atoms with Crippen molar-refractivity contribution in [3.63, 3.8) is 0 Å². The molecule has 1 atom stereocenters. The highest BCUT2D eigenvalue weighted by Crippen LogP contribution is 2.44. The van der Waals surface area contributed by atoms with Crippen LogP contribution in [0.15, 0.2) is 56.9 Å². The summed E-state index contributed by atoms with van der Waals surface area (Å²) in [6.07, 6.45) is 3.04. The molecule has 0 saturated carbocycles. The standard InChI is InChI=1S/C13H7ClO5/c14-6-3-4-7(15)9-10(13(16)17)12(19-11(6)9)8-2-1-5-18-8/h1-5,12H,(H,16,17). The number of ketones is 1. The van der Waals surface area contributed by atoms with Crippen LogP contribution >= 0.6 is 11.6 Å². The van der Waals surface area contributed by atoms with Gasteiger partial charge in [0, 0.05) is 0 Å². The number of aliphatic carboxylic acids is 1. The molecule has 0 radical (unpaired) electrons. The largest absolute Gasteiger partial charge is 0.478 e. The number of fused-ring (bicyclic) bond motifs is 1. The van der Waals surface area contributed by atoms with Gasteiger partial charge in [-0.05, 0) is 24.3 Å². The Balaban J connectivity index is 2.21. The van der Waals surface area contributed by atoms with E-state index in [-0.39, 0.29) is 21.9 Å². The van der Waals surface area contributed by atoms with Crippen molar-refractivity contribution in [2.45, 2.75) is 6.10 Å². The van der Waals surface area contributed by atoms with Crippen molar-refractivity contribution < 1.29 is 23.8 Å². The molecule has 0 saturated heterocycles. The van der Waals surface area contributed by atoms with E-state index < -0.39 is 17.9 Å². The fraction of sp³-hybridized carbons (Fsp3) is 0.0769. The zero-order valence-corrected chi connectivity index (χ0v) is 10.2. The van der Waals surface area contributed by atoms with Crippen LogP contribution in [0.1, 0.15) is 11.9 Å². The number of carbonyl (C=O) groups is 2. The van der Waals surface area contributed by atoms with Crippen LogP contribution in [0.3, 0.4) is 0 Å². The van der Waals surface area contributed by atoms with Gasteiger partial charge in [0.15, 0.2) is 17.6 Å². The quantitative estimate of drug-likeness (QED) is 0.898. The van der Waals surface area contributed by atoms with E-state index in [0.717, 1.165) is 0 Å². The highest BCUT2D eigenvalue weighted by atomic mass is 35.5. The predicted molar refractivity (Wildman–Crippen MR) is 64.2 cm³/mol. The number of allylic oxidation sites excluding steroid dienone is 4. The van der Waals surface area contributed by atoms with E-state index in [4.69, 9.17) is 20.8 Å². The number of hydrogen-bond donors (Lipinski definition) is 1. The molecular weight excluding hydrogens is 272 g/mol. The summed E-state index contributed by atoms with van der Waals surface area (Å²) in [5.41, 5.74) is -0.168. The van der Waals surface area contributed by atoms with Gasteiger partial charge in [-0.2, -0.15) is 0 Å². The highest BCUT2D eigenvalue weighted by molar-refractivity contribution is 6.34. The SMILES string of the molecule is O=C(O)C1=C2C(=O)C=CC(Cl)=C2OC1c1ccco1. The molecule has 0 aromatic carbocycles. The lowest BCUT2D eigenvalue weighted by Crippen LogP contribution is -2.11. The lowest BCUT2D eigenvalue weighted by molar-refractivity contribution is -0.133. The smallest absolute Gasteiger partial charge is 0.336 e. The van der Waals surface area contributed by atoms with Crippen molar-refractivity contribution in [2.24, 2.45) is 0 Å². The van der Waals surface area contributed by atoms with Crippen LogP contribution in [0.5, 0.6) is 0 Å². The number of halogens is 1. The zero-order valence-electron chi connectivity index (χ0n) is 9.42. The first-order valence-corrected chi connectivity index (χ1v) is 5.77. The Morgan fingerprint density at radius 2 is 2.16 bits per heavy atom. The van der Waals surface area contributed by atoms with Gasteiger partial charge < -0.3 is 14.3 Å². The topological polar surface area (TPSA) is 76.7 Å². The van der Waals surface area contributed by atoms with Crippen LogP contribution in [-0.2, 0) is 14.3 Å². The Kier molecular flexibility index (Phi) is 2.57. The van der Waals surface area contributed by atoms with E-state index in [1.807, 2.05) is 0 Å². The highest BCUT2D eigenvalue weighted by Gasteiger charge is 2.42. The second kappa shape index (κ2) is 4.13. The van der Waals surface area contributed by atoms with Crippen molar-refractivity contribution in [1.29, 1.82) is 0 Å². The molecule has 1 unspecified atom stereocenters. The van der Waals surface area contributed by atoms with Crippen molar-refractivity contribution in [3.05, 3.63) is 58.2 Å². The van der Waals surface area contributed by atoms with Gasteiger partial charge in [0.1, 0.15) is 5.76 Å². The molecule has 96 valence electrons. The monoisotopic (exact) mass is 278 g/mol. The molecule has 19 heavy (non-hydrogen) atoms. The fourth-order valence-corrected chi connectivity index (χ4v) is 2.28. The molecule has 0 amide bonds. The first-order chi connectivity index (χ1) is 9.09. The molecule has 1 aromatic heterocycles. The van der Waals surface area contributed by atoms with Crippen molar-refractivity contribution >= 4 is 23.4 Å². The summed E-state index contributed by atoms with van der Waals surface area (Å²) >= 11 is 5.94.